The van der Waals surface area contributed by atoms with Crippen molar-refractivity contribution in [3.63, 3.8) is 0 Å². The molecule has 0 spiro atoms. The maximum absolute atomic E-state index is 9.30. The van der Waals surface area contributed by atoms with Gasteiger partial charge >= 0.3 is 0 Å². The fourth-order valence-corrected chi connectivity index (χ4v) is 3.03. The first-order chi connectivity index (χ1) is 6.25. The normalized spacial score (nSPS) is 37.4. The minimum absolute atomic E-state index is 0.153. The summed E-state index contributed by atoms with van der Waals surface area (Å²) in [7, 11) is 0. The maximum Gasteiger partial charge on any atom is 0.0639 e. The Hall–Kier alpha value is -0.0800. The summed E-state index contributed by atoms with van der Waals surface area (Å²) in [6, 6.07) is 0. The number of likely N-dealkylation sites (tertiary alicyclic amines) is 1. The second-order valence-electron chi connectivity index (χ2n) is 4.87. The quantitative estimate of drug-likeness (QED) is 0.701. The van der Waals surface area contributed by atoms with Crippen molar-refractivity contribution in [2.45, 2.75) is 38.7 Å². The van der Waals surface area contributed by atoms with Gasteiger partial charge in [-0.1, -0.05) is 12.8 Å². The molecule has 0 radical (unpaired) electrons. The van der Waals surface area contributed by atoms with Crippen LogP contribution in [0.15, 0.2) is 0 Å². The third kappa shape index (κ3) is 2.23. The van der Waals surface area contributed by atoms with Crippen LogP contribution < -0.4 is 0 Å². The van der Waals surface area contributed by atoms with Crippen LogP contribution in [0.4, 0.5) is 0 Å². The van der Waals surface area contributed by atoms with Gasteiger partial charge in [-0.15, -0.1) is 0 Å². The molecule has 2 heteroatoms. The number of fused-ring (bicyclic) bond motifs is 1. The number of nitrogens with zero attached hydrogens (tertiary/aromatic N) is 1. The lowest BCUT2D eigenvalue weighted by molar-refractivity contribution is 0.137. The Bertz CT molecular complexity index is 155. The van der Waals surface area contributed by atoms with E-state index < -0.39 is 0 Å². The van der Waals surface area contributed by atoms with Crippen LogP contribution in [-0.4, -0.2) is 35.7 Å². The minimum atomic E-state index is -0.153. The molecule has 0 amide bonds. The molecular formula is C11H21NO. The Morgan fingerprint density at radius 1 is 1.23 bits per heavy atom. The molecule has 2 fully saturated rings. The molecule has 0 aromatic carbocycles. The van der Waals surface area contributed by atoms with Gasteiger partial charge in [0.25, 0.3) is 0 Å². The van der Waals surface area contributed by atoms with Crippen molar-refractivity contribution in [3.05, 3.63) is 0 Å². The molecule has 0 aromatic heterocycles. The molecular weight excluding hydrogens is 162 g/mol. The monoisotopic (exact) mass is 183 g/mol. The van der Waals surface area contributed by atoms with E-state index in [0.717, 1.165) is 18.4 Å². The van der Waals surface area contributed by atoms with Crippen molar-refractivity contribution in [2.24, 2.45) is 11.8 Å². The molecule has 2 nitrogen and oxygen atoms in total. The molecule has 1 N–H and O–H groups in total. The fourth-order valence-electron chi connectivity index (χ4n) is 3.03. The van der Waals surface area contributed by atoms with E-state index >= 15 is 0 Å². The van der Waals surface area contributed by atoms with Gasteiger partial charge in [-0.05, 0) is 31.6 Å². The lowest BCUT2D eigenvalue weighted by Gasteiger charge is -2.23. The molecule has 2 aliphatic rings. The summed E-state index contributed by atoms with van der Waals surface area (Å²) >= 11 is 0. The zero-order valence-corrected chi connectivity index (χ0v) is 8.58. The Labute approximate surface area is 80.9 Å². The van der Waals surface area contributed by atoms with E-state index in [1.54, 1.807) is 0 Å². The molecule has 1 aliphatic heterocycles. The van der Waals surface area contributed by atoms with Crippen LogP contribution in [0, 0.1) is 11.8 Å². The van der Waals surface area contributed by atoms with E-state index in [4.69, 9.17) is 0 Å². The van der Waals surface area contributed by atoms with Crippen LogP contribution in [-0.2, 0) is 0 Å². The Balaban J connectivity index is 1.84. The summed E-state index contributed by atoms with van der Waals surface area (Å²) in [5.41, 5.74) is 0. The zero-order valence-electron chi connectivity index (χ0n) is 8.58. The summed E-state index contributed by atoms with van der Waals surface area (Å²) in [4.78, 5) is 2.45. The highest BCUT2D eigenvalue weighted by atomic mass is 16.3. The third-order valence-corrected chi connectivity index (χ3v) is 3.57. The van der Waals surface area contributed by atoms with Gasteiger partial charge in [-0.25, -0.2) is 0 Å². The van der Waals surface area contributed by atoms with E-state index in [0.29, 0.717) is 0 Å². The number of β-amino-alcohol motifs (C(OH)–C–C–N with tert-alkyl or cyclic N) is 1. The van der Waals surface area contributed by atoms with Gasteiger partial charge in [0.2, 0.25) is 0 Å². The maximum atomic E-state index is 9.30. The van der Waals surface area contributed by atoms with Gasteiger partial charge < -0.3 is 10.0 Å². The number of hydrogen-bond donors (Lipinski definition) is 1. The van der Waals surface area contributed by atoms with Gasteiger partial charge in [-0.3, -0.25) is 0 Å². The van der Waals surface area contributed by atoms with Crippen molar-refractivity contribution in [2.75, 3.05) is 19.6 Å². The van der Waals surface area contributed by atoms with Gasteiger partial charge in [0.05, 0.1) is 6.10 Å². The molecule has 0 unspecified atom stereocenters. The van der Waals surface area contributed by atoms with Gasteiger partial charge in [-0.2, -0.15) is 0 Å². The first-order valence-electron chi connectivity index (χ1n) is 5.66. The highest BCUT2D eigenvalue weighted by Crippen LogP contribution is 2.35. The SMILES string of the molecule is C[C@H](O)CN1C[C@H]2CCCC[C@H]2C1. The predicted octanol–water partition coefficient (Wildman–Crippen LogP) is 1.49. The predicted molar refractivity (Wildman–Crippen MR) is 53.6 cm³/mol. The molecule has 76 valence electrons. The molecule has 2 rings (SSSR count). The van der Waals surface area contributed by atoms with Gasteiger partial charge in [0, 0.05) is 19.6 Å². The molecule has 1 aliphatic carbocycles. The summed E-state index contributed by atoms with van der Waals surface area (Å²) < 4.78 is 0. The topological polar surface area (TPSA) is 23.5 Å². The van der Waals surface area contributed by atoms with Crippen molar-refractivity contribution < 1.29 is 5.11 Å². The van der Waals surface area contributed by atoms with Crippen LogP contribution in [0.3, 0.4) is 0 Å². The highest BCUT2D eigenvalue weighted by Gasteiger charge is 2.34. The molecule has 1 heterocycles. The zero-order chi connectivity index (χ0) is 9.26. The van der Waals surface area contributed by atoms with Crippen LogP contribution in [0.2, 0.25) is 0 Å². The molecule has 1 saturated heterocycles. The fraction of sp³-hybridized carbons (Fsp3) is 1.00. The van der Waals surface area contributed by atoms with E-state index in [1.165, 1.54) is 38.8 Å². The first-order valence-corrected chi connectivity index (χ1v) is 5.66. The number of rotatable bonds is 2. The molecule has 13 heavy (non-hydrogen) atoms. The lowest BCUT2D eigenvalue weighted by Crippen LogP contribution is -2.29. The third-order valence-electron chi connectivity index (χ3n) is 3.57. The van der Waals surface area contributed by atoms with E-state index in [1.807, 2.05) is 6.92 Å². The van der Waals surface area contributed by atoms with Crippen LogP contribution >= 0.6 is 0 Å². The van der Waals surface area contributed by atoms with Crippen molar-refractivity contribution >= 4 is 0 Å². The number of aliphatic hydroxyl groups is 1. The summed E-state index contributed by atoms with van der Waals surface area (Å²) in [6.07, 6.45) is 5.58. The Morgan fingerprint density at radius 2 is 1.77 bits per heavy atom. The smallest absolute Gasteiger partial charge is 0.0639 e. The standard InChI is InChI=1S/C11H21NO/c1-9(13)6-12-7-10-4-2-3-5-11(10)8-12/h9-11,13H,2-8H2,1H3/t9-,10-,11+/m0/s1. The molecule has 1 saturated carbocycles. The first kappa shape index (κ1) is 9.47. The van der Waals surface area contributed by atoms with Crippen LogP contribution in [0.5, 0.6) is 0 Å². The van der Waals surface area contributed by atoms with Gasteiger partial charge in [0.15, 0.2) is 0 Å². The highest BCUT2D eigenvalue weighted by molar-refractivity contribution is 4.87. The van der Waals surface area contributed by atoms with E-state index in [-0.39, 0.29) is 6.10 Å². The van der Waals surface area contributed by atoms with Crippen molar-refractivity contribution in [1.29, 1.82) is 0 Å². The molecule has 0 aromatic rings. The second kappa shape index (κ2) is 3.97. The van der Waals surface area contributed by atoms with Crippen molar-refractivity contribution in [3.8, 4) is 0 Å². The largest absolute Gasteiger partial charge is 0.392 e. The lowest BCUT2D eigenvalue weighted by atomic mass is 9.82. The van der Waals surface area contributed by atoms with Gasteiger partial charge in [0.1, 0.15) is 0 Å². The van der Waals surface area contributed by atoms with Crippen LogP contribution in [0.25, 0.3) is 0 Å². The second-order valence-corrected chi connectivity index (χ2v) is 4.87. The average Bonchev–Trinajstić information content (AvgIpc) is 2.44. The number of aliphatic hydroxyl groups excluding tert-OH is 1. The van der Waals surface area contributed by atoms with Crippen molar-refractivity contribution in [1.82, 2.24) is 4.90 Å². The Kier molecular flexibility index (Phi) is 2.89. The summed E-state index contributed by atoms with van der Waals surface area (Å²) in [5.74, 6) is 1.90. The molecule has 0 bridgehead atoms. The van der Waals surface area contributed by atoms with E-state index in [9.17, 15) is 5.11 Å². The molecule has 3 atom stereocenters. The minimum Gasteiger partial charge on any atom is -0.392 e. The van der Waals surface area contributed by atoms with E-state index in [2.05, 4.69) is 4.90 Å². The number of hydrogen-bond acceptors (Lipinski definition) is 2. The average molecular weight is 183 g/mol. The summed E-state index contributed by atoms with van der Waals surface area (Å²) in [5, 5.41) is 9.30. The Morgan fingerprint density at radius 3 is 2.23 bits per heavy atom. The van der Waals surface area contributed by atoms with Crippen LogP contribution in [0.1, 0.15) is 32.6 Å². The summed E-state index contributed by atoms with van der Waals surface area (Å²) in [6.45, 7) is 5.26.